The highest BCUT2D eigenvalue weighted by Gasteiger charge is 2.43. The molecule has 3 rings (SSSR count). The lowest BCUT2D eigenvalue weighted by molar-refractivity contribution is 0.0897. The van der Waals surface area contributed by atoms with E-state index in [9.17, 15) is 17.8 Å². The van der Waals surface area contributed by atoms with Crippen LogP contribution in [0.25, 0.3) is 0 Å². The number of carbonyl (C=O) groups excluding carboxylic acids is 1. The average molecular weight is 284 g/mol. The lowest BCUT2D eigenvalue weighted by Gasteiger charge is -2.26. The topological polar surface area (TPSA) is 34.1 Å². The molecule has 2 nitrogen and oxygen atoms in total. The predicted molar refractivity (Wildman–Crippen MR) is 68.4 cm³/mol. The summed E-state index contributed by atoms with van der Waals surface area (Å²) in [6.45, 7) is 0. The third kappa shape index (κ3) is 2.14. The fraction of sp³-hybridized carbons (Fsp3) is 0.500. The minimum Gasteiger partial charge on any atom is -0.294 e. The van der Waals surface area contributed by atoms with Crippen molar-refractivity contribution in [2.75, 3.05) is 0 Å². The first-order chi connectivity index (χ1) is 9.08. The number of fused-ring (bicyclic) bond motifs is 2. The highest BCUT2D eigenvalue weighted by atomic mass is 32.2. The lowest BCUT2D eigenvalue weighted by atomic mass is 9.90. The summed E-state index contributed by atoms with van der Waals surface area (Å²) in [7, 11) is -0.863. The minimum atomic E-state index is -0.863. The van der Waals surface area contributed by atoms with E-state index in [0.717, 1.165) is 25.0 Å². The first-order valence-electron chi connectivity index (χ1n) is 6.45. The Morgan fingerprint density at radius 2 is 1.63 bits per heavy atom. The molecule has 2 heterocycles. The normalized spacial score (nSPS) is 33.4. The molecule has 5 heteroatoms. The van der Waals surface area contributed by atoms with Gasteiger partial charge >= 0.3 is 0 Å². The van der Waals surface area contributed by atoms with Gasteiger partial charge in [0.05, 0.1) is 5.56 Å². The zero-order valence-electron chi connectivity index (χ0n) is 10.3. The molecule has 2 fully saturated rings. The number of benzene rings is 1. The molecule has 19 heavy (non-hydrogen) atoms. The van der Waals surface area contributed by atoms with E-state index in [1.54, 1.807) is 0 Å². The Bertz CT molecular complexity index is 522. The predicted octanol–water partition coefficient (Wildman–Crippen LogP) is 2.84. The number of ketones is 1. The first kappa shape index (κ1) is 12.9. The molecule has 2 saturated heterocycles. The summed E-state index contributed by atoms with van der Waals surface area (Å²) in [6.07, 6.45) is 2.72. The minimum absolute atomic E-state index is 0.0301. The lowest BCUT2D eigenvalue weighted by Crippen LogP contribution is -2.33. The van der Waals surface area contributed by atoms with Gasteiger partial charge < -0.3 is 0 Å². The molecule has 0 radical (unpaired) electrons. The highest BCUT2D eigenvalue weighted by Crippen LogP contribution is 2.40. The van der Waals surface area contributed by atoms with E-state index in [1.807, 2.05) is 0 Å². The van der Waals surface area contributed by atoms with Gasteiger partial charge in [0, 0.05) is 27.2 Å². The molecule has 0 amide bonds. The highest BCUT2D eigenvalue weighted by molar-refractivity contribution is 7.86. The van der Waals surface area contributed by atoms with E-state index in [1.165, 1.54) is 6.07 Å². The summed E-state index contributed by atoms with van der Waals surface area (Å²) in [5.41, 5.74) is -0.431. The molecule has 0 N–H and O–H groups in total. The van der Waals surface area contributed by atoms with Crippen LogP contribution in [-0.4, -0.2) is 20.5 Å². The van der Waals surface area contributed by atoms with Gasteiger partial charge in [-0.15, -0.1) is 0 Å². The number of rotatable bonds is 2. The van der Waals surface area contributed by atoms with Crippen LogP contribution < -0.4 is 0 Å². The van der Waals surface area contributed by atoms with E-state index in [2.05, 4.69) is 0 Å². The summed E-state index contributed by atoms with van der Waals surface area (Å²) >= 11 is 0. The van der Waals surface area contributed by atoms with Crippen LogP contribution in [0.1, 0.15) is 36.0 Å². The van der Waals surface area contributed by atoms with E-state index < -0.39 is 33.8 Å². The van der Waals surface area contributed by atoms with Crippen LogP contribution in [0.15, 0.2) is 18.2 Å². The van der Waals surface area contributed by atoms with Gasteiger partial charge in [0.1, 0.15) is 11.6 Å². The van der Waals surface area contributed by atoms with E-state index in [-0.39, 0.29) is 16.4 Å². The van der Waals surface area contributed by atoms with Crippen LogP contribution in [0, 0.1) is 17.6 Å². The second-order valence-electron chi connectivity index (χ2n) is 5.28. The second kappa shape index (κ2) is 4.78. The van der Waals surface area contributed by atoms with Gasteiger partial charge in [-0.3, -0.25) is 9.00 Å². The van der Waals surface area contributed by atoms with E-state index in [4.69, 9.17) is 0 Å². The maximum Gasteiger partial charge on any atom is 0.171 e. The quantitative estimate of drug-likeness (QED) is 0.783. The molecule has 0 spiro atoms. The summed E-state index contributed by atoms with van der Waals surface area (Å²) < 4.78 is 39.1. The Hall–Kier alpha value is -1.10. The van der Waals surface area contributed by atoms with Crippen LogP contribution in [0.4, 0.5) is 8.78 Å². The molecule has 2 aliphatic heterocycles. The molecule has 0 saturated carbocycles. The molecule has 2 unspecified atom stereocenters. The Morgan fingerprint density at radius 1 is 1.11 bits per heavy atom. The summed E-state index contributed by atoms with van der Waals surface area (Å²) in [4.78, 5) is 12.3. The zero-order valence-corrected chi connectivity index (χ0v) is 11.1. The van der Waals surface area contributed by atoms with Gasteiger partial charge in [0.2, 0.25) is 0 Å². The molecular weight excluding hydrogens is 270 g/mol. The van der Waals surface area contributed by atoms with Crippen LogP contribution in [-0.2, 0) is 10.8 Å². The molecule has 2 atom stereocenters. The summed E-state index contributed by atoms with van der Waals surface area (Å²) in [5, 5.41) is 0.0602. The fourth-order valence-corrected chi connectivity index (χ4v) is 5.31. The average Bonchev–Trinajstić information content (AvgIpc) is 2.62. The SMILES string of the molecule is O=C(c1c(F)cccc1F)C1CC2CCC(C1)S2=O. The summed E-state index contributed by atoms with van der Waals surface area (Å²) in [6, 6.07) is 3.46. The maximum atomic E-state index is 13.6. The molecule has 2 bridgehead atoms. The number of hydrogen-bond donors (Lipinski definition) is 0. The van der Waals surface area contributed by atoms with Gasteiger partial charge in [-0.1, -0.05) is 6.07 Å². The molecule has 1 aromatic rings. The van der Waals surface area contributed by atoms with E-state index >= 15 is 0 Å². The van der Waals surface area contributed by atoms with Crippen molar-refractivity contribution in [1.82, 2.24) is 0 Å². The zero-order chi connectivity index (χ0) is 13.6. The van der Waals surface area contributed by atoms with E-state index in [0.29, 0.717) is 12.8 Å². The van der Waals surface area contributed by atoms with Crippen molar-refractivity contribution in [3.05, 3.63) is 35.4 Å². The van der Waals surface area contributed by atoms with Crippen molar-refractivity contribution in [1.29, 1.82) is 0 Å². The standard InChI is InChI=1S/C14H14F2O2S/c15-11-2-1-3-12(16)13(11)14(17)8-6-9-4-5-10(7-8)19(9)18/h1-3,8-10H,4-7H2. The Kier molecular flexibility index (Phi) is 3.25. The third-order valence-corrected chi connectivity index (χ3v) is 6.31. The third-order valence-electron chi connectivity index (χ3n) is 4.14. The van der Waals surface area contributed by atoms with Crippen LogP contribution >= 0.6 is 0 Å². The van der Waals surface area contributed by atoms with Gasteiger partial charge in [0.15, 0.2) is 5.78 Å². The van der Waals surface area contributed by atoms with Crippen molar-refractivity contribution in [3.8, 4) is 0 Å². The Labute approximate surface area is 112 Å². The van der Waals surface area contributed by atoms with Crippen LogP contribution in [0.2, 0.25) is 0 Å². The fourth-order valence-electron chi connectivity index (χ4n) is 3.18. The largest absolute Gasteiger partial charge is 0.294 e. The van der Waals surface area contributed by atoms with Crippen molar-refractivity contribution in [3.63, 3.8) is 0 Å². The van der Waals surface area contributed by atoms with Crippen molar-refractivity contribution >= 4 is 16.6 Å². The number of Topliss-reactive ketones (excluding diaryl/α,β-unsaturated/α-hetero) is 1. The molecule has 0 aliphatic carbocycles. The van der Waals surface area contributed by atoms with Gasteiger partial charge in [-0.25, -0.2) is 8.78 Å². The summed E-state index contributed by atoms with van der Waals surface area (Å²) in [5.74, 6) is -2.46. The molecule has 102 valence electrons. The van der Waals surface area contributed by atoms with Gasteiger partial charge in [-0.2, -0.15) is 0 Å². The molecule has 0 aromatic heterocycles. The van der Waals surface area contributed by atoms with Gasteiger partial charge in [0.25, 0.3) is 0 Å². The number of hydrogen-bond acceptors (Lipinski definition) is 2. The second-order valence-corrected chi connectivity index (χ2v) is 7.27. The number of carbonyl (C=O) groups is 1. The van der Waals surface area contributed by atoms with Crippen LogP contribution in [0.3, 0.4) is 0 Å². The van der Waals surface area contributed by atoms with Crippen LogP contribution in [0.5, 0.6) is 0 Å². The van der Waals surface area contributed by atoms with Gasteiger partial charge in [-0.05, 0) is 37.8 Å². The van der Waals surface area contributed by atoms with Crippen molar-refractivity contribution < 1.29 is 17.8 Å². The Morgan fingerprint density at radius 3 is 2.16 bits per heavy atom. The van der Waals surface area contributed by atoms with Crippen molar-refractivity contribution in [2.24, 2.45) is 5.92 Å². The van der Waals surface area contributed by atoms with Crippen molar-refractivity contribution in [2.45, 2.75) is 36.2 Å². The maximum absolute atomic E-state index is 13.6. The monoisotopic (exact) mass is 284 g/mol. The molecular formula is C14H14F2O2S. The Balaban J connectivity index is 1.88. The smallest absolute Gasteiger partial charge is 0.171 e. The first-order valence-corrected chi connectivity index (χ1v) is 7.73. The number of halogens is 2. The molecule has 2 aliphatic rings. The molecule has 1 aromatic carbocycles.